The number of fused-ring (bicyclic) bond motifs is 3. The molecule has 2 heterocycles. The van der Waals surface area contributed by atoms with Crippen molar-refractivity contribution in [2.75, 3.05) is 0 Å². The second-order valence-corrected chi connectivity index (χ2v) is 6.20. The van der Waals surface area contributed by atoms with E-state index in [1.165, 1.54) is 27.5 Å². The predicted octanol–water partition coefficient (Wildman–Crippen LogP) is 4.22. The first kappa shape index (κ1) is 13.2. The molecule has 2 nitrogen and oxygen atoms in total. The van der Waals surface area contributed by atoms with Gasteiger partial charge in [-0.25, -0.2) is 0 Å². The van der Waals surface area contributed by atoms with Gasteiger partial charge < -0.3 is 0 Å². The number of thiophene rings is 1. The van der Waals surface area contributed by atoms with Gasteiger partial charge in [0, 0.05) is 12.1 Å². The fourth-order valence-corrected chi connectivity index (χ4v) is 3.50. The Balaban J connectivity index is 1.85. The second-order valence-electron chi connectivity index (χ2n) is 5.26. The lowest BCUT2D eigenvalue weighted by Crippen LogP contribution is -2.38. The highest BCUT2D eigenvalue weighted by atomic mass is 32.1. The Labute approximate surface area is 132 Å². The minimum Gasteiger partial charge on any atom is -0.286 e. The van der Waals surface area contributed by atoms with Crippen LogP contribution < -0.4 is 4.57 Å². The van der Waals surface area contributed by atoms with Crippen molar-refractivity contribution in [3.05, 3.63) is 77.1 Å². The molecule has 106 valence electrons. The molecule has 0 fully saturated rings. The fourth-order valence-electron chi connectivity index (χ4n) is 2.84. The van der Waals surface area contributed by atoms with Crippen molar-refractivity contribution >= 4 is 38.8 Å². The van der Waals surface area contributed by atoms with E-state index in [0.29, 0.717) is 6.54 Å². The van der Waals surface area contributed by atoms with Crippen molar-refractivity contribution < 1.29 is 9.36 Å². The monoisotopic (exact) mass is 304 g/mol. The molecule has 2 aromatic heterocycles. The molecule has 4 rings (SSSR count). The van der Waals surface area contributed by atoms with Crippen LogP contribution in [0, 0.1) is 0 Å². The van der Waals surface area contributed by atoms with Gasteiger partial charge in [0.05, 0.1) is 10.3 Å². The molecule has 0 aliphatic carbocycles. The zero-order valence-electron chi connectivity index (χ0n) is 11.9. The molecule has 0 amide bonds. The maximum atomic E-state index is 12.4. The van der Waals surface area contributed by atoms with Gasteiger partial charge in [-0.1, -0.05) is 30.3 Å². The second kappa shape index (κ2) is 5.35. The largest absolute Gasteiger partial charge is 0.286 e. The predicted molar refractivity (Wildman–Crippen MR) is 90.3 cm³/mol. The van der Waals surface area contributed by atoms with Crippen LogP contribution in [-0.4, -0.2) is 5.78 Å². The Morgan fingerprint density at radius 2 is 1.77 bits per heavy atom. The summed E-state index contributed by atoms with van der Waals surface area (Å²) in [4.78, 5) is 13.2. The van der Waals surface area contributed by atoms with Gasteiger partial charge in [-0.2, -0.15) is 4.57 Å². The van der Waals surface area contributed by atoms with E-state index >= 15 is 0 Å². The smallest absolute Gasteiger partial charge is 0.237 e. The van der Waals surface area contributed by atoms with Crippen LogP contribution in [0.5, 0.6) is 0 Å². The molecular formula is C19H14NOS+. The van der Waals surface area contributed by atoms with Crippen molar-refractivity contribution in [3.8, 4) is 0 Å². The number of hydrogen-bond donors (Lipinski definition) is 0. The molecule has 4 aromatic rings. The standard InChI is InChI=1S/C19H14NOS/c21-18(19-8-4-12-22-19)13-20-11-3-7-16-15-6-2-1-5-14(15)9-10-17(16)20/h1-12H,13H2/q+1. The topological polar surface area (TPSA) is 20.9 Å². The normalized spacial score (nSPS) is 11.1. The molecule has 0 unspecified atom stereocenters. The highest BCUT2D eigenvalue weighted by Crippen LogP contribution is 2.23. The third-order valence-electron chi connectivity index (χ3n) is 3.90. The minimum absolute atomic E-state index is 0.153. The average molecular weight is 304 g/mol. The van der Waals surface area contributed by atoms with Crippen molar-refractivity contribution in [2.24, 2.45) is 0 Å². The average Bonchev–Trinajstić information content (AvgIpc) is 3.09. The zero-order valence-corrected chi connectivity index (χ0v) is 12.7. The van der Waals surface area contributed by atoms with Gasteiger partial charge in [0.15, 0.2) is 6.20 Å². The molecule has 0 aliphatic rings. The molecule has 22 heavy (non-hydrogen) atoms. The third-order valence-corrected chi connectivity index (χ3v) is 4.81. The summed E-state index contributed by atoms with van der Waals surface area (Å²) >= 11 is 1.50. The van der Waals surface area contributed by atoms with E-state index in [1.54, 1.807) is 0 Å². The first-order valence-electron chi connectivity index (χ1n) is 7.19. The molecule has 0 saturated heterocycles. The van der Waals surface area contributed by atoms with Crippen LogP contribution in [0.25, 0.3) is 21.7 Å². The van der Waals surface area contributed by atoms with E-state index in [1.807, 2.05) is 40.4 Å². The Hall–Kier alpha value is -2.52. The number of rotatable bonds is 3. The van der Waals surface area contributed by atoms with Crippen LogP contribution in [0.15, 0.2) is 72.2 Å². The summed E-state index contributed by atoms with van der Waals surface area (Å²) in [5, 5.41) is 5.56. The van der Waals surface area contributed by atoms with Crippen LogP contribution in [-0.2, 0) is 6.54 Å². The van der Waals surface area contributed by atoms with Crippen LogP contribution in [0.2, 0.25) is 0 Å². The van der Waals surface area contributed by atoms with Gasteiger partial charge in [0.1, 0.15) is 0 Å². The molecule has 3 heteroatoms. The lowest BCUT2D eigenvalue weighted by atomic mass is 10.1. The van der Waals surface area contributed by atoms with Gasteiger partial charge in [-0.3, -0.25) is 4.79 Å². The van der Waals surface area contributed by atoms with Gasteiger partial charge >= 0.3 is 0 Å². The Morgan fingerprint density at radius 1 is 0.909 bits per heavy atom. The van der Waals surface area contributed by atoms with Crippen LogP contribution >= 0.6 is 11.3 Å². The molecule has 0 bridgehead atoms. The van der Waals surface area contributed by atoms with Crippen LogP contribution in [0.4, 0.5) is 0 Å². The zero-order chi connectivity index (χ0) is 14.9. The summed E-state index contributed by atoms with van der Waals surface area (Å²) in [5.41, 5.74) is 1.09. The lowest BCUT2D eigenvalue weighted by molar-refractivity contribution is -0.657. The fraction of sp³-hybridized carbons (Fsp3) is 0.0526. The van der Waals surface area contributed by atoms with E-state index in [2.05, 4.69) is 36.4 Å². The Kier molecular flexibility index (Phi) is 3.20. The number of carbonyl (C=O) groups is 1. The SMILES string of the molecule is O=C(C[n+]1cccc2c3ccccc3ccc21)c1cccs1. The van der Waals surface area contributed by atoms with E-state index in [9.17, 15) is 4.79 Å². The first-order valence-corrected chi connectivity index (χ1v) is 8.07. The molecule has 2 aromatic carbocycles. The highest BCUT2D eigenvalue weighted by molar-refractivity contribution is 7.12. The summed E-state index contributed by atoms with van der Waals surface area (Å²) in [5.74, 6) is 0.153. The molecule has 0 spiro atoms. The summed E-state index contributed by atoms with van der Waals surface area (Å²) in [6.45, 7) is 0.371. The maximum Gasteiger partial charge on any atom is 0.237 e. The van der Waals surface area contributed by atoms with E-state index < -0.39 is 0 Å². The third kappa shape index (κ3) is 2.20. The Bertz CT molecular complexity index is 973. The number of aromatic nitrogens is 1. The number of ketones is 1. The van der Waals surface area contributed by atoms with Gasteiger partial charge in [-0.15, -0.1) is 11.3 Å². The minimum atomic E-state index is 0.153. The number of Topliss-reactive ketones (excluding diaryl/α,β-unsaturated/α-hetero) is 1. The van der Waals surface area contributed by atoms with Crippen LogP contribution in [0.1, 0.15) is 9.67 Å². The summed E-state index contributed by atoms with van der Waals surface area (Å²) < 4.78 is 2.03. The highest BCUT2D eigenvalue weighted by Gasteiger charge is 2.16. The van der Waals surface area contributed by atoms with Gasteiger partial charge in [0.2, 0.25) is 17.8 Å². The van der Waals surface area contributed by atoms with Crippen molar-refractivity contribution in [1.82, 2.24) is 0 Å². The molecule has 0 saturated carbocycles. The van der Waals surface area contributed by atoms with Gasteiger partial charge in [-0.05, 0) is 34.4 Å². The molecule has 0 N–H and O–H groups in total. The molecule has 0 aliphatic heterocycles. The van der Waals surface area contributed by atoms with E-state index in [4.69, 9.17) is 0 Å². The maximum absolute atomic E-state index is 12.4. The number of pyridine rings is 1. The molecule has 0 atom stereocenters. The van der Waals surface area contributed by atoms with E-state index in [0.717, 1.165) is 10.4 Å². The Morgan fingerprint density at radius 3 is 2.64 bits per heavy atom. The number of nitrogens with zero attached hydrogens (tertiary/aromatic N) is 1. The van der Waals surface area contributed by atoms with Crippen LogP contribution in [0.3, 0.4) is 0 Å². The number of carbonyl (C=O) groups excluding carboxylic acids is 1. The van der Waals surface area contributed by atoms with Crippen molar-refractivity contribution in [2.45, 2.75) is 6.54 Å². The lowest BCUT2D eigenvalue weighted by Gasteiger charge is -2.04. The van der Waals surface area contributed by atoms with Gasteiger partial charge in [0.25, 0.3) is 0 Å². The summed E-state index contributed by atoms with van der Waals surface area (Å²) in [6.07, 6.45) is 1.97. The van der Waals surface area contributed by atoms with Crippen molar-refractivity contribution in [3.63, 3.8) is 0 Å². The first-order chi connectivity index (χ1) is 10.8. The quantitative estimate of drug-likeness (QED) is 0.315. The molecular weight excluding hydrogens is 290 g/mol. The summed E-state index contributed by atoms with van der Waals surface area (Å²) in [6, 6.07) is 20.5. The van der Waals surface area contributed by atoms with E-state index in [-0.39, 0.29) is 5.78 Å². The van der Waals surface area contributed by atoms with Crippen molar-refractivity contribution in [1.29, 1.82) is 0 Å². The number of hydrogen-bond acceptors (Lipinski definition) is 2. The number of benzene rings is 2. The molecule has 0 radical (unpaired) electrons. The summed E-state index contributed by atoms with van der Waals surface area (Å²) in [7, 11) is 0.